The van der Waals surface area contributed by atoms with Crippen LogP contribution in [0, 0.1) is 13.8 Å². The molecular formula is C20H18N4O2. The van der Waals surface area contributed by atoms with Crippen LogP contribution in [0.25, 0.3) is 44.3 Å². The number of fused-ring (bicyclic) bond motifs is 4. The Kier molecular flexibility index (Phi) is 3.17. The van der Waals surface area contributed by atoms with Crippen molar-refractivity contribution in [1.82, 2.24) is 20.1 Å². The average molecular weight is 346 g/mol. The molecule has 130 valence electrons. The first-order chi connectivity index (χ1) is 12.7. The lowest BCUT2D eigenvalue weighted by Gasteiger charge is -2.01. The largest absolute Gasteiger partial charge is 0.377 e. The van der Waals surface area contributed by atoms with E-state index in [2.05, 4.69) is 64.3 Å². The minimum Gasteiger partial charge on any atom is -0.377 e. The third-order valence-corrected chi connectivity index (χ3v) is 5.02. The van der Waals surface area contributed by atoms with Crippen molar-refractivity contribution in [2.45, 2.75) is 20.5 Å². The monoisotopic (exact) mass is 346 g/mol. The molecule has 5 rings (SSSR count). The average Bonchev–Trinajstić information content (AvgIpc) is 3.32. The number of para-hydroxylation sites is 1. The summed E-state index contributed by atoms with van der Waals surface area (Å²) in [7, 11) is 1.61. The number of benzene rings is 2. The first kappa shape index (κ1) is 15.2. The number of methoxy groups -OCH3 is 1. The van der Waals surface area contributed by atoms with Crippen molar-refractivity contribution >= 4 is 32.7 Å². The fourth-order valence-corrected chi connectivity index (χ4v) is 3.85. The molecule has 0 aliphatic carbocycles. The van der Waals surface area contributed by atoms with Gasteiger partial charge in [-0.15, -0.1) is 0 Å². The van der Waals surface area contributed by atoms with Crippen LogP contribution in [0.5, 0.6) is 0 Å². The van der Waals surface area contributed by atoms with Gasteiger partial charge in [-0.05, 0) is 37.1 Å². The molecule has 0 aliphatic heterocycles. The molecule has 3 aromatic heterocycles. The van der Waals surface area contributed by atoms with Gasteiger partial charge in [0, 0.05) is 34.3 Å². The van der Waals surface area contributed by atoms with Crippen LogP contribution in [-0.2, 0) is 11.3 Å². The van der Waals surface area contributed by atoms with Crippen LogP contribution in [0.1, 0.15) is 17.0 Å². The van der Waals surface area contributed by atoms with Gasteiger partial charge >= 0.3 is 0 Å². The first-order valence-corrected chi connectivity index (χ1v) is 8.51. The Bertz CT molecular complexity index is 1280. The molecule has 3 heterocycles. The van der Waals surface area contributed by atoms with E-state index in [4.69, 9.17) is 9.26 Å². The van der Waals surface area contributed by atoms with E-state index < -0.39 is 0 Å². The van der Waals surface area contributed by atoms with Gasteiger partial charge in [0.05, 0.1) is 5.52 Å². The SMILES string of the molecule is COCc1noc(-c2[nH]c3cc4c([nH]c5ccccc54)c(C)c3c2C)n1. The first-order valence-electron chi connectivity index (χ1n) is 8.51. The number of aromatic amines is 2. The Labute approximate surface area is 149 Å². The molecule has 5 aromatic rings. The highest BCUT2D eigenvalue weighted by Crippen LogP contribution is 2.37. The van der Waals surface area contributed by atoms with Crippen LogP contribution >= 0.6 is 0 Å². The second kappa shape index (κ2) is 5.44. The summed E-state index contributed by atoms with van der Waals surface area (Å²) in [6, 6.07) is 10.6. The fraction of sp³-hybridized carbons (Fsp3) is 0.200. The summed E-state index contributed by atoms with van der Waals surface area (Å²) in [5, 5.41) is 7.59. The Balaban J connectivity index is 1.78. The van der Waals surface area contributed by atoms with Gasteiger partial charge in [0.2, 0.25) is 0 Å². The molecule has 0 unspecified atom stereocenters. The van der Waals surface area contributed by atoms with Crippen LogP contribution in [0.2, 0.25) is 0 Å². The maximum absolute atomic E-state index is 5.42. The van der Waals surface area contributed by atoms with Crippen LogP contribution in [-0.4, -0.2) is 27.2 Å². The predicted molar refractivity (Wildman–Crippen MR) is 101 cm³/mol. The molecule has 0 aliphatic rings. The molecule has 26 heavy (non-hydrogen) atoms. The molecular weight excluding hydrogens is 328 g/mol. The quantitative estimate of drug-likeness (QED) is 0.500. The van der Waals surface area contributed by atoms with E-state index in [1.54, 1.807) is 7.11 Å². The second-order valence-corrected chi connectivity index (χ2v) is 6.59. The summed E-state index contributed by atoms with van der Waals surface area (Å²) in [5.41, 5.74) is 6.56. The lowest BCUT2D eigenvalue weighted by Crippen LogP contribution is -1.89. The highest BCUT2D eigenvalue weighted by atomic mass is 16.5. The molecule has 2 aromatic carbocycles. The van der Waals surface area contributed by atoms with E-state index in [0.29, 0.717) is 18.3 Å². The predicted octanol–water partition coefficient (Wildman–Crippen LogP) is 4.62. The van der Waals surface area contributed by atoms with Crippen molar-refractivity contribution < 1.29 is 9.26 Å². The van der Waals surface area contributed by atoms with Gasteiger partial charge in [-0.1, -0.05) is 23.4 Å². The number of hydrogen-bond acceptors (Lipinski definition) is 4. The van der Waals surface area contributed by atoms with Crippen LogP contribution in [0.15, 0.2) is 34.9 Å². The number of nitrogens with one attached hydrogen (secondary N) is 2. The van der Waals surface area contributed by atoms with Crippen LogP contribution in [0.4, 0.5) is 0 Å². The smallest absolute Gasteiger partial charge is 0.274 e. The van der Waals surface area contributed by atoms with Gasteiger partial charge in [0.15, 0.2) is 5.82 Å². The summed E-state index contributed by atoms with van der Waals surface area (Å²) >= 11 is 0. The number of H-pyrrole nitrogens is 2. The number of ether oxygens (including phenoxy) is 1. The summed E-state index contributed by atoms with van der Waals surface area (Å²) in [5.74, 6) is 1.02. The maximum Gasteiger partial charge on any atom is 0.274 e. The molecule has 2 N–H and O–H groups in total. The van der Waals surface area contributed by atoms with Crippen LogP contribution < -0.4 is 0 Å². The van der Waals surface area contributed by atoms with Gasteiger partial charge in [-0.25, -0.2) is 0 Å². The van der Waals surface area contributed by atoms with Crippen molar-refractivity contribution in [3.05, 3.63) is 47.3 Å². The fourth-order valence-electron chi connectivity index (χ4n) is 3.85. The Morgan fingerprint density at radius 1 is 1.04 bits per heavy atom. The zero-order valence-corrected chi connectivity index (χ0v) is 14.8. The normalized spacial score (nSPS) is 12.0. The van der Waals surface area contributed by atoms with E-state index in [0.717, 1.165) is 27.8 Å². The molecule has 0 radical (unpaired) electrons. The molecule has 6 heteroatoms. The van der Waals surface area contributed by atoms with E-state index in [9.17, 15) is 0 Å². The summed E-state index contributed by atoms with van der Waals surface area (Å²) in [6.07, 6.45) is 0. The van der Waals surface area contributed by atoms with E-state index in [1.807, 2.05) is 0 Å². The standard InChI is InChI=1S/C20H18N4O2/c1-10-17-11(2)19(20-23-16(9-25-3)24-26-20)22-15(17)8-13-12-6-4-5-7-14(12)21-18(10)13/h4-8,21-22H,9H2,1-3H3. The molecule has 0 amide bonds. The topological polar surface area (TPSA) is 79.7 Å². The van der Waals surface area contributed by atoms with Gasteiger partial charge in [0.25, 0.3) is 5.89 Å². The molecule has 0 bridgehead atoms. The van der Waals surface area contributed by atoms with Gasteiger partial charge in [-0.3, -0.25) is 0 Å². The Hall–Kier alpha value is -3.12. The highest BCUT2D eigenvalue weighted by molar-refractivity contribution is 6.14. The minimum absolute atomic E-state index is 0.330. The Morgan fingerprint density at radius 3 is 2.73 bits per heavy atom. The zero-order valence-electron chi connectivity index (χ0n) is 14.8. The zero-order chi connectivity index (χ0) is 17.8. The van der Waals surface area contributed by atoms with Crippen molar-refractivity contribution in [1.29, 1.82) is 0 Å². The summed E-state index contributed by atoms with van der Waals surface area (Å²) in [4.78, 5) is 11.4. The summed E-state index contributed by atoms with van der Waals surface area (Å²) in [6.45, 7) is 4.56. The lowest BCUT2D eigenvalue weighted by atomic mass is 10.0. The number of aryl methyl sites for hydroxylation is 2. The Morgan fingerprint density at radius 2 is 1.88 bits per heavy atom. The third kappa shape index (κ3) is 2.02. The molecule has 0 saturated heterocycles. The number of aromatic nitrogens is 4. The van der Waals surface area contributed by atoms with E-state index in [1.165, 1.54) is 21.7 Å². The van der Waals surface area contributed by atoms with Gasteiger partial charge in [0.1, 0.15) is 12.3 Å². The van der Waals surface area contributed by atoms with Crippen molar-refractivity contribution in [2.24, 2.45) is 0 Å². The second-order valence-electron chi connectivity index (χ2n) is 6.59. The number of rotatable bonds is 3. The van der Waals surface area contributed by atoms with Gasteiger partial charge < -0.3 is 19.2 Å². The number of hydrogen-bond donors (Lipinski definition) is 2. The highest BCUT2D eigenvalue weighted by Gasteiger charge is 2.19. The molecule has 0 spiro atoms. The van der Waals surface area contributed by atoms with Crippen molar-refractivity contribution in [2.75, 3.05) is 7.11 Å². The molecule has 0 atom stereocenters. The summed E-state index contributed by atoms with van der Waals surface area (Å²) < 4.78 is 10.5. The van der Waals surface area contributed by atoms with Gasteiger partial charge in [-0.2, -0.15) is 4.98 Å². The molecule has 6 nitrogen and oxygen atoms in total. The molecule has 0 fully saturated rings. The van der Waals surface area contributed by atoms with Crippen LogP contribution in [0.3, 0.4) is 0 Å². The maximum atomic E-state index is 5.42. The van der Waals surface area contributed by atoms with Crippen molar-refractivity contribution in [3.63, 3.8) is 0 Å². The van der Waals surface area contributed by atoms with Crippen molar-refractivity contribution in [3.8, 4) is 11.6 Å². The molecule has 0 saturated carbocycles. The van der Waals surface area contributed by atoms with E-state index >= 15 is 0 Å². The number of nitrogens with zero attached hydrogens (tertiary/aromatic N) is 2. The minimum atomic E-state index is 0.330. The van der Waals surface area contributed by atoms with E-state index in [-0.39, 0.29) is 0 Å². The lowest BCUT2D eigenvalue weighted by molar-refractivity contribution is 0.174. The third-order valence-electron chi connectivity index (χ3n) is 5.02.